The maximum atomic E-state index is 11.1. The number of hydrogen-bond acceptors (Lipinski definition) is 3. The highest BCUT2D eigenvalue weighted by Gasteiger charge is 2.38. The number of carbonyl (C=O) groups excluding carboxylic acids is 1. The van der Waals surface area contributed by atoms with Crippen molar-refractivity contribution in [2.75, 3.05) is 19.6 Å². The number of rotatable bonds is 4. The second-order valence-corrected chi connectivity index (χ2v) is 3.04. The van der Waals surface area contributed by atoms with Gasteiger partial charge in [-0.25, -0.2) is 0 Å². The number of nitrogens with two attached hydrogens (primary N) is 1. The minimum Gasteiger partial charge on any atom is -0.368 e. The van der Waals surface area contributed by atoms with Gasteiger partial charge in [-0.15, -0.1) is 6.58 Å². The molecule has 1 unspecified atom stereocenters. The van der Waals surface area contributed by atoms with Crippen molar-refractivity contribution in [3.05, 3.63) is 12.7 Å². The molecule has 0 radical (unpaired) electrons. The fourth-order valence-electron chi connectivity index (χ4n) is 1.41. The van der Waals surface area contributed by atoms with Crippen LogP contribution in [-0.2, 0) is 4.79 Å². The van der Waals surface area contributed by atoms with E-state index in [0.29, 0.717) is 13.1 Å². The minimum absolute atomic E-state index is 0.283. The molecule has 68 valence electrons. The highest BCUT2D eigenvalue weighted by molar-refractivity contribution is 5.85. The summed E-state index contributed by atoms with van der Waals surface area (Å²) in [6.45, 7) is 5.65. The Morgan fingerprint density at radius 1 is 1.83 bits per heavy atom. The summed E-state index contributed by atoms with van der Waals surface area (Å²) in [5.41, 5.74) is 4.75. The van der Waals surface area contributed by atoms with E-state index in [0.717, 1.165) is 13.0 Å². The van der Waals surface area contributed by atoms with Crippen molar-refractivity contribution in [1.82, 2.24) is 10.6 Å². The molecule has 1 fully saturated rings. The molecule has 4 nitrogen and oxygen atoms in total. The molecule has 0 bridgehead atoms. The van der Waals surface area contributed by atoms with Crippen molar-refractivity contribution in [3.8, 4) is 0 Å². The summed E-state index contributed by atoms with van der Waals surface area (Å²) in [4.78, 5) is 11.1. The van der Waals surface area contributed by atoms with Gasteiger partial charge in [0.05, 0.1) is 0 Å². The molecule has 0 saturated carbocycles. The number of carbonyl (C=O) groups is 1. The maximum absolute atomic E-state index is 11.1. The number of nitrogens with one attached hydrogen (secondary N) is 2. The summed E-state index contributed by atoms with van der Waals surface area (Å²) >= 11 is 0. The first-order valence-electron chi connectivity index (χ1n) is 4.08. The Labute approximate surface area is 72.2 Å². The van der Waals surface area contributed by atoms with E-state index in [1.165, 1.54) is 0 Å². The summed E-state index contributed by atoms with van der Waals surface area (Å²) < 4.78 is 0. The van der Waals surface area contributed by atoms with Gasteiger partial charge in [0.2, 0.25) is 5.91 Å². The fourth-order valence-corrected chi connectivity index (χ4v) is 1.41. The van der Waals surface area contributed by atoms with E-state index < -0.39 is 5.54 Å². The van der Waals surface area contributed by atoms with Gasteiger partial charge in [-0.1, -0.05) is 6.08 Å². The number of primary amides is 1. The Morgan fingerprint density at radius 3 is 3.00 bits per heavy atom. The molecule has 1 aliphatic rings. The molecule has 0 aromatic rings. The highest BCUT2D eigenvalue weighted by atomic mass is 16.1. The summed E-state index contributed by atoms with van der Waals surface area (Å²) in [5, 5.41) is 6.19. The zero-order chi connectivity index (χ0) is 9.03. The molecule has 0 aromatic heterocycles. The minimum atomic E-state index is -0.547. The second-order valence-electron chi connectivity index (χ2n) is 3.04. The first kappa shape index (κ1) is 9.22. The molecule has 1 atom stereocenters. The zero-order valence-electron chi connectivity index (χ0n) is 7.10. The van der Waals surface area contributed by atoms with E-state index >= 15 is 0 Å². The van der Waals surface area contributed by atoms with Crippen LogP contribution in [0.3, 0.4) is 0 Å². The van der Waals surface area contributed by atoms with Crippen molar-refractivity contribution < 1.29 is 4.79 Å². The molecule has 12 heavy (non-hydrogen) atoms. The van der Waals surface area contributed by atoms with E-state index in [9.17, 15) is 4.79 Å². The third-order valence-electron chi connectivity index (χ3n) is 2.21. The van der Waals surface area contributed by atoms with Crippen LogP contribution >= 0.6 is 0 Å². The Balaban J connectivity index is 2.58. The summed E-state index contributed by atoms with van der Waals surface area (Å²) in [6.07, 6.45) is 2.49. The average Bonchev–Trinajstić information content (AvgIpc) is 2.50. The van der Waals surface area contributed by atoms with E-state index in [-0.39, 0.29) is 5.91 Å². The summed E-state index contributed by atoms with van der Waals surface area (Å²) in [5.74, 6) is -0.283. The average molecular weight is 169 g/mol. The maximum Gasteiger partial charge on any atom is 0.239 e. The molecule has 1 heterocycles. The quantitative estimate of drug-likeness (QED) is 0.472. The van der Waals surface area contributed by atoms with E-state index in [1.54, 1.807) is 6.08 Å². The predicted octanol–water partition coefficient (Wildman–Crippen LogP) is -1.02. The lowest BCUT2D eigenvalue weighted by Crippen LogP contribution is -2.56. The Bertz CT molecular complexity index is 185. The zero-order valence-corrected chi connectivity index (χ0v) is 7.10. The Kier molecular flexibility index (Phi) is 2.83. The van der Waals surface area contributed by atoms with Crippen molar-refractivity contribution in [3.63, 3.8) is 0 Å². The lowest BCUT2D eigenvalue weighted by molar-refractivity contribution is -0.123. The Morgan fingerprint density at radius 2 is 2.58 bits per heavy atom. The van der Waals surface area contributed by atoms with Gasteiger partial charge in [-0.05, 0) is 13.0 Å². The van der Waals surface area contributed by atoms with Crippen molar-refractivity contribution >= 4 is 5.91 Å². The smallest absolute Gasteiger partial charge is 0.239 e. The lowest BCUT2D eigenvalue weighted by Gasteiger charge is -2.24. The Hall–Kier alpha value is -0.870. The first-order valence-corrected chi connectivity index (χ1v) is 4.08. The first-order chi connectivity index (χ1) is 5.71. The van der Waals surface area contributed by atoms with Crippen molar-refractivity contribution in [2.45, 2.75) is 12.0 Å². The van der Waals surface area contributed by atoms with Gasteiger partial charge >= 0.3 is 0 Å². The molecule has 1 saturated heterocycles. The molecule has 1 aliphatic heterocycles. The van der Waals surface area contributed by atoms with Crippen LogP contribution in [0.15, 0.2) is 12.7 Å². The molecule has 4 heteroatoms. The molecule has 1 rings (SSSR count). The molecular weight excluding hydrogens is 154 g/mol. The molecule has 0 aliphatic carbocycles. The fraction of sp³-hybridized carbons (Fsp3) is 0.625. The third-order valence-corrected chi connectivity index (χ3v) is 2.21. The van der Waals surface area contributed by atoms with Crippen LogP contribution in [0.4, 0.5) is 0 Å². The standard InChI is InChI=1S/C8H15N3O/c1-2-4-11-8(7(9)12)3-5-10-6-8/h2,10-11H,1,3-6H2,(H2,9,12). The van der Waals surface area contributed by atoms with Crippen LogP contribution in [0, 0.1) is 0 Å². The van der Waals surface area contributed by atoms with Gasteiger partial charge in [0.1, 0.15) is 5.54 Å². The molecule has 1 amide bonds. The molecular formula is C8H15N3O. The van der Waals surface area contributed by atoms with Crippen LogP contribution in [-0.4, -0.2) is 31.1 Å². The van der Waals surface area contributed by atoms with Gasteiger partial charge in [-0.3, -0.25) is 10.1 Å². The van der Waals surface area contributed by atoms with Crippen molar-refractivity contribution in [1.29, 1.82) is 0 Å². The lowest BCUT2D eigenvalue weighted by atomic mass is 9.98. The molecule has 0 aromatic carbocycles. The molecule has 0 spiro atoms. The third kappa shape index (κ3) is 1.65. The second kappa shape index (κ2) is 3.69. The van der Waals surface area contributed by atoms with Gasteiger partial charge in [0.15, 0.2) is 0 Å². The van der Waals surface area contributed by atoms with Gasteiger partial charge < -0.3 is 11.1 Å². The monoisotopic (exact) mass is 169 g/mol. The molecule has 4 N–H and O–H groups in total. The summed E-state index contributed by atoms with van der Waals surface area (Å²) in [6, 6.07) is 0. The largest absolute Gasteiger partial charge is 0.368 e. The van der Waals surface area contributed by atoms with E-state index in [1.807, 2.05) is 0 Å². The van der Waals surface area contributed by atoms with Crippen LogP contribution in [0.2, 0.25) is 0 Å². The normalized spacial score (nSPS) is 28.7. The van der Waals surface area contributed by atoms with Crippen LogP contribution in [0.25, 0.3) is 0 Å². The van der Waals surface area contributed by atoms with Crippen LogP contribution < -0.4 is 16.4 Å². The number of hydrogen-bond donors (Lipinski definition) is 3. The SMILES string of the molecule is C=CCNC1(C(N)=O)CCNC1. The van der Waals surface area contributed by atoms with Gasteiger partial charge in [0.25, 0.3) is 0 Å². The van der Waals surface area contributed by atoms with Crippen LogP contribution in [0.5, 0.6) is 0 Å². The summed E-state index contributed by atoms with van der Waals surface area (Å²) in [7, 11) is 0. The van der Waals surface area contributed by atoms with Gasteiger partial charge in [-0.2, -0.15) is 0 Å². The highest BCUT2D eigenvalue weighted by Crippen LogP contribution is 2.13. The van der Waals surface area contributed by atoms with Gasteiger partial charge in [0, 0.05) is 13.1 Å². The predicted molar refractivity (Wildman–Crippen MR) is 47.6 cm³/mol. The topological polar surface area (TPSA) is 67.1 Å². The van der Waals surface area contributed by atoms with E-state index in [2.05, 4.69) is 17.2 Å². The van der Waals surface area contributed by atoms with Crippen LogP contribution in [0.1, 0.15) is 6.42 Å². The number of amides is 1. The van der Waals surface area contributed by atoms with E-state index in [4.69, 9.17) is 5.73 Å². The van der Waals surface area contributed by atoms with Crippen molar-refractivity contribution in [2.24, 2.45) is 5.73 Å².